The molecule has 16 heavy (non-hydrogen) atoms. The monoisotopic (exact) mass is 242 g/mol. The maximum Gasteiger partial charge on any atom is 0.365 e. The first kappa shape index (κ1) is 13.1. The van der Waals surface area contributed by atoms with Crippen LogP contribution in [0.2, 0.25) is 0 Å². The number of hydrogen-bond acceptors (Lipinski definition) is 4. The van der Waals surface area contributed by atoms with Crippen molar-refractivity contribution in [3.63, 3.8) is 0 Å². The van der Waals surface area contributed by atoms with Crippen LogP contribution in [0, 0.1) is 5.92 Å². The Balaban J connectivity index is 2.39. The minimum atomic E-state index is -0.952. The van der Waals surface area contributed by atoms with Crippen LogP contribution >= 0.6 is 11.3 Å². The topological polar surface area (TPSA) is 62.2 Å². The number of carboxylic acids is 1. The summed E-state index contributed by atoms with van der Waals surface area (Å²) in [5, 5.41) is 14.0. The Kier molecular flexibility index (Phi) is 4.89. The van der Waals surface area contributed by atoms with E-state index in [9.17, 15) is 4.79 Å². The smallest absolute Gasteiger partial charge is 0.365 e. The van der Waals surface area contributed by atoms with E-state index in [1.807, 2.05) is 0 Å². The van der Waals surface area contributed by atoms with Gasteiger partial charge in [0.2, 0.25) is 5.01 Å². The first-order valence-corrected chi connectivity index (χ1v) is 6.28. The van der Waals surface area contributed by atoms with Crippen LogP contribution in [0.5, 0.6) is 0 Å². The molecule has 0 aliphatic heterocycles. The van der Waals surface area contributed by atoms with Crippen LogP contribution in [0.4, 0.5) is 0 Å². The summed E-state index contributed by atoms with van der Waals surface area (Å²) in [5.41, 5.74) is 0.804. The zero-order valence-corrected chi connectivity index (χ0v) is 10.7. The second-order valence-electron chi connectivity index (χ2n) is 4.36. The van der Waals surface area contributed by atoms with Crippen molar-refractivity contribution in [2.75, 3.05) is 0 Å². The van der Waals surface area contributed by atoms with Crippen LogP contribution in [-0.2, 0) is 6.54 Å². The van der Waals surface area contributed by atoms with Gasteiger partial charge in [-0.1, -0.05) is 13.8 Å². The number of nitrogens with one attached hydrogen (secondary N) is 1. The highest BCUT2D eigenvalue weighted by atomic mass is 32.1. The van der Waals surface area contributed by atoms with Crippen molar-refractivity contribution < 1.29 is 9.90 Å². The van der Waals surface area contributed by atoms with E-state index in [2.05, 4.69) is 31.1 Å². The Labute approximate surface area is 99.7 Å². The molecule has 1 atom stereocenters. The van der Waals surface area contributed by atoms with Gasteiger partial charge in [-0.05, 0) is 19.3 Å². The molecular weight excluding hydrogens is 224 g/mol. The Morgan fingerprint density at radius 2 is 2.25 bits per heavy atom. The second-order valence-corrected chi connectivity index (χ2v) is 5.22. The molecule has 0 aromatic carbocycles. The lowest BCUT2D eigenvalue weighted by Gasteiger charge is -2.14. The average Bonchev–Trinajstić information content (AvgIpc) is 2.61. The third-order valence-corrected chi connectivity index (χ3v) is 3.07. The summed E-state index contributed by atoms with van der Waals surface area (Å²) in [7, 11) is 0. The average molecular weight is 242 g/mol. The maximum atomic E-state index is 10.6. The number of thiazole rings is 1. The molecule has 1 aromatic rings. The van der Waals surface area contributed by atoms with Crippen LogP contribution in [0.3, 0.4) is 0 Å². The van der Waals surface area contributed by atoms with Gasteiger partial charge in [-0.2, -0.15) is 0 Å². The lowest BCUT2D eigenvalue weighted by molar-refractivity contribution is 0.0696. The largest absolute Gasteiger partial charge is 0.476 e. The first-order chi connectivity index (χ1) is 7.49. The van der Waals surface area contributed by atoms with E-state index in [1.165, 1.54) is 11.3 Å². The van der Waals surface area contributed by atoms with E-state index in [1.54, 1.807) is 5.38 Å². The summed E-state index contributed by atoms with van der Waals surface area (Å²) in [6.45, 7) is 7.13. The van der Waals surface area contributed by atoms with Gasteiger partial charge in [0.25, 0.3) is 0 Å². The number of hydrogen-bond donors (Lipinski definition) is 2. The SMILES string of the molecule is CC(C)CC(C)NCc1csc(C(=O)O)n1. The molecule has 1 aromatic heterocycles. The molecule has 0 aliphatic rings. The highest BCUT2D eigenvalue weighted by molar-refractivity contribution is 7.11. The van der Waals surface area contributed by atoms with Gasteiger partial charge in [-0.25, -0.2) is 9.78 Å². The number of nitrogens with zero attached hydrogens (tertiary/aromatic N) is 1. The Morgan fingerprint density at radius 3 is 2.75 bits per heavy atom. The molecule has 1 unspecified atom stereocenters. The van der Waals surface area contributed by atoms with Gasteiger partial charge in [0.05, 0.1) is 5.69 Å². The van der Waals surface area contributed by atoms with E-state index < -0.39 is 5.97 Å². The lowest BCUT2D eigenvalue weighted by Crippen LogP contribution is -2.27. The molecule has 0 spiro atoms. The molecule has 0 amide bonds. The molecule has 4 nitrogen and oxygen atoms in total. The summed E-state index contributed by atoms with van der Waals surface area (Å²) in [6.07, 6.45) is 1.11. The van der Waals surface area contributed by atoms with E-state index in [4.69, 9.17) is 5.11 Å². The van der Waals surface area contributed by atoms with Crippen molar-refractivity contribution in [2.45, 2.75) is 39.8 Å². The molecule has 0 fully saturated rings. The summed E-state index contributed by atoms with van der Waals surface area (Å²) in [5.74, 6) is -0.293. The zero-order chi connectivity index (χ0) is 12.1. The summed E-state index contributed by atoms with van der Waals surface area (Å²) in [6, 6.07) is 0.426. The summed E-state index contributed by atoms with van der Waals surface area (Å²) < 4.78 is 0. The van der Waals surface area contributed by atoms with Gasteiger partial charge >= 0.3 is 5.97 Å². The highest BCUT2D eigenvalue weighted by Gasteiger charge is 2.10. The summed E-state index contributed by atoms with van der Waals surface area (Å²) in [4.78, 5) is 14.6. The van der Waals surface area contributed by atoms with Crippen molar-refractivity contribution >= 4 is 17.3 Å². The fraction of sp³-hybridized carbons (Fsp3) is 0.636. The van der Waals surface area contributed by atoms with Crippen molar-refractivity contribution in [2.24, 2.45) is 5.92 Å². The maximum absolute atomic E-state index is 10.6. The van der Waals surface area contributed by atoms with Gasteiger partial charge in [-0.3, -0.25) is 0 Å². The highest BCUT2D eigenvalue weighted by Crippen LogP contribution is 2.10. The van der Waals surface area contributed by atoms with E-state index in [0.29, 0.717) is 18.5 Å². The number of rotatable bonds is 6. The number of carboxylic acid groups (broad SMARTS) is 1. The normalized spacial score (nSPS) is 13.0. The van der Waals surface area contributed by atoms with Crippen molar-refractivity contribution in [3.05, 3.63) is 16.1 Å². The molecule has 1 heterocycles. The molecule has 0 bridgehead atoms. The van der Waals surface area contributed by atoms with Gasteiger partial charge in [0.15, 0.2) is 0 Å². The number of aromatic carboxylic acids is 1. The van der Waals surface area contributed by atoms with Gasteiger partial charge in [0.1, 0.15) is 0 Å². The van der Waals surface area contributed by atoms with Gasteiger partial charge < -0.3 is 10.4 Å². The Morgan fingerprint density at radius 1 is 1.56 bits per heavy atom. The molecule has 0 radical (unpaired) electrons. The zero-order valence-electron chi connectivity index (χ0n) is 9.86. The van der Waals surface area contributed by atoms with E-state index >= 15 is 0 Å². The standard InChI is InChI=1S/C11H18N2O2S/c1-7(2)4-8(3)12-5-9-6-16-10(13-9)11(14)15/h6-8,12H,4-5H2,1-3H3,(H,14,15). The second kappa shape index (κ2) is 5.96. The molecule has 90 valence electrons. The molecule has 0 aliphatic carbocycles. The van der Waals surface area contributed by atoms with Crippen LogP contribution in [0.25, 0.3) is 0 Å². The summed E-state index contributed by atoms with van der Waals surface area (Å²) >= 11 is 1.17. The van der Waals surface area contributed by atoms with E-state index in [-0.39, 0.29) is 5.01 Å². The molecule has 0 saturated heterocycles. The third-order valence-electron chi connectivity index (χ3n) is 2.19. The van der Waals surface area contributed by atoms with Crippen LogP contribution in [-0.4, -0.2) is 22.1 Å². The molecule has 2 N–H and O–H groups in total. The quantitative estimate of drug-likeness (QED) is 0.804. The molecule has 5 heteroatoms. The van der Waals surface area contributed by atoms with Crippen LogP contribution in [0.15, 0.2) is 5.38 Å². The first-order valence-electron chi connectivity index (χ1n) is 5.40. The fourth-order valence-corrected chi connectivity index (χ4v) is 2.21. The van der Waals surface area contributed by atoms with Crippen molar-refractivity contribution in [1.29, 1.82) is 0 Å². The fourth-order valence-electron chi connectivity index (χ4n) is 1.56. The molecule has 1 rings (SSSR count). The molecular formula is C11H18N2O2S. The predicted octanol–water partition coefficient (Wildman–Crippen LogP) is 2.37. The third kappa shape index (κ3) is 4.28. The predicted molar refractivity (Wildman–Crippen MR) is 64.8 cm³/mol. The molecule has 0 saturated carbocycles. The van der Waals surface area contributed by atoms with Crippen molar-refractivity contribution in [1.82, 2.24) is 10.3 Å². The minimum absolute atomic E-state index is 0.160. The Hall–Kier alpha value is -0.940. The van der Waals surface area contributed by atoms with Crippen LogP contribution < -0.4 is 5.32 Å². The number of aromatic nitrogens is 1. The van der Waals surface area contributed by atoms with Gasteiger partial charge in [0, 0.05) is 18.0 Å². The minimum Gasteiger partial charge on any atom is -0.476 e. The van der Waals surface area contributed by atoms with Crippen LogP contribution in [0.1, 0.15) is 42.7 Å². The van der Waals surface area contributed by atoms with Gasteiger partial charge in [-0.15, -0.1) is 11.3 Å². The lowest BCUT2D eigenvalue weighted by atomic mass is 10.1. The van der Waals surface area contributed by atoms with Crippen molar-refractivity contribution in [3.8, 4) is 0 Å². The number of carbonyl (C=O) groups is 1. The Bertz CT molecular complexity index is 350. The van der Waals surface area contributed by atoms with E-state index in [0.717, 1.165) is 12.1 Å².